The molecule has 0 spiro atoms. The first-order valence-corrected chi connectivity index (χ1v) is 8.87. The second-order valence-corrected chi connectivity index (χ2v) is 7.13. The number of β-amino-alcohol motifs (C(OH)–C–C–N with tert-alkyl or cyclic N) is 1. The molecule has 0 aliphatic carbocycles. The number of nitrogens with zero attached hydrogens (tertiary/aromatic N) is 3. The van der Waals surface area contributed by atoms with E-state index >= 15 is 0 Å². The fraction of sp³-hybridized carbons (Fsp3) is 0.692. The van der Waals surface area contributed by atoms with Crippen LogP contribution >= 0.6 is 0 Å². The molecule has 0 amide bonds. The highest BCUT2D eigenvalue weighted by Gasteiger charge is 2.29. The van der Waals surface area contributed by atoms with Crippen LogP contribution in [0.15, 0.2) is 17.3 Å². The fourth-order valence-electron chi connectivity index (χ4n) is 2.26. The highest BCUT2D eigenvalue weighted by Crippen LogP contribution is 2.19. The summed E-state index contributed by atoms with van der Waals surface area (Å²) in [5.41, 5.74) is 0. The summed E-state index contributed by atoms with van der Waals surface area (Å²) in [6.07, 6.45) is 2.17. The van der Waals surface area contributed by atoms with Crippen LogP contribution in [0.4, 0.5) is 5.95 Å². The maximum atomic E-state index is 11.5. The molecule has 124 valence electrons. The average Bonchev–Trinajstić information content (AvgIpc) is 2.48. The van der Waals surface area contributed by atoms with Crippen molar-refractivity contribution in [2.75, 3.05) is 44.6 Å². The maximum Gasteiger partial charge on any atom is 0.226 e. The maximum absolute atomic E-state index is 11.5. The molecule has 1 aromatic rings. The Labute approximate surface area is 130 Å². The molecule has 22 heavy (non-hydrogen) atoms. The van der Waals surface area contributed by atoms with Crippen molar-refractivity contribution in [1.29, 1.82) is 0 Å². The SMILES string of the molecule is COCCO[C@H]1CCN(c2nccc(S(C)(=O)=O)n2)C[C@H]1O. The van der Waals surface area contributed by atoms with Crippen molar-refractivity contribution in [2.45, 2.75) is 23.7 Å². The third-order valence-electron chi connectivity index (χ3n) is 3.42. The van der Waals surface area contributed by atoms with Gasteiger partial charge in [0.25, 0.3) is 0 Å². The molecule has 2 atom stereocenters. The van der Waals surface area contributed by atoms with Gasteiger partial charge in [-0.05, 0) is 12.5 Å². The fourth-order valence-corrected chi connectivity index (χ4v) is 2.82. The number of methoxy groups -OCH3 is 1. The molecule has 1 aliphatic rings. The van der Waals surface area contributed by atoms with E-state index < -0.39 is 15.9 Å². The van der Waals surface area contributed by atoms with Gasteiger partial charge in [-0.2, -0.15) is 0 Å². The first-order valence-electron chi connectivity index (χ1n) is 6.98. The summed E-state index contributed by atoms with van der Waals surface area (Å²) in [5.74, 6) is 0.303. The molecule has 1 aromatic heterocycles. The Morgan fingerprint density at radius 2 is 2.23 bits per heavy atom. The van der Waals surface area contributed by atoms with Crippen LogP contribution in [0.25, 0.3) is 0 Å². The zero-order chi connectivity index (χ0) is 16.2. The van der Waals surface area contributed by atoms with Gasteiger partial charge in [-0.3, -0.25) is 0 Å². The summed E-state index contributed by atoms with van der Waals surface area (Å²) >= 11 is 0. The smallest absolute Gasteiger partial charge is 0.226 e. The molecular weight excluding hydrogens is 310 g/mol. The summed E-state index contributed by atoms with van der Waals surface area (Å²) in [4.78, 5) is 9.91. The van der Waals surface area contributed by atoms with Gasteiger partial charge in [0.15, 0.2) is 14.9 Å². The zero-order valence-electron chi connectivity index (χ0n) is 12.7. The van der Waals surface area contributed by atoms with Gasteiger partial charge in [0.1, 0.15) is 0 Å². The van der Waals surface area contributed by atoms with Gasteiger partial charge in [0, 0.05) is 32.7 Å². The third kappa shape index (κ3) is 4.35. The molecule has 2 heterocycles. The van der Waals surface area contributed by atoms with E-state index in [2.05, 4.69) is 9.97 Å². The summed E-state index contributed by atoms with van der Waals surface area (Å²) in [6.45, 7) is 1.79. The second kappa shape index (κ2) is 7.32. The van der Waals surface area contributed by atoms with E-state index in [1.807, 2.05) is 0 Å². The molecule has 1 aliphatic heterocycles. The lowest BCUT2D eigenvalue weighted by atomic mass is 10.1. The van der Waals surface area contributed by atoms with Gasteiger partial charge in [0.05, 0.1) is 25.4 Å². The molecular formula is C13H21N3O5S. The number of ether oxygens (including phenoxy) is 2. The lowest BCUT2D eigenvalue weighted by molar-refractivity contribution is -0.0593. The van der Waals surface area contributed by atoms with Crippen molar-refractivity contribution in [3.05, 3.63) is 12.3 Å². The zero-order valence-corrected chi connectivity index (χ0v) is 13.5. The van der Waals surface area contributed by atoms with Crippen LogP contribution in [-0.4, -0.2) is 75.4 Å². The molecule has 8 nitrogen and oxygen atoms in total. The Morgan fingerprint density at radius 3 is 2.86 bits per heavy atom. The Bertz CT molecular complexity index is 595. The van der Waals surface area contributed by atoms with Gasteiger partial charge < -0.3 is 19.5 Å². The van der Waals surface area contributed by atoms with Crippen molar-refractivity contribution in [3.8, 4) is 0 Å². The minimum absolute atomic E-state index is 0.0227. The number of aromatic nitrogens is 2. The molecule has 1 saturated heterocycles. The molecule has 0 radical (unpaired) electrons. The number of aliphatic hydroxyl groups excluding tert-OH is 1. The van der Waals surface area contributed by atoms with E-state index in [0.29, 0.717) is 38.7 Å². The Hall–Kier alpha value is -1.29. The standard InChI is InChI=1S/C13H21N3O5S/c1-20-7-8-21-11-4-6-16(9-10(11)17)13-14-5-3-12(15-13)22(2,18)19/h3,5,10-11,17H,4,6-9H2,1-2H3/t10-,11+/m1/s1. The monoisotopic (exact) mass is 331 g/mol. The van der Waals surface area contributed by atoms with E-state index in [1.54, 1.807) is 12.0 Å². The van der Waals surface area contributed by atoms with E-state index in [0.717, 1.165) is 6.26 Å². The molecule has 2 rings (SSSR count). The van der Waals surface area contributed by atoms with Crippen molar-refractivity contribution in [2.24, 2.45) is 0 Å². The van der Waals surface area contributed by atoms with E-state index in [4.69, 9.17) is 9.47 Å². The number of piperidine rings is 1. The second-order valence-electron chi connectivity index (χ2n) is 5.17. The predicted molar refractivity (Wildman–Crippen MR) is 79.6 cm³/mol. The van der Waals surface area contributed by atoms with Crippen LogP contribution in [0.2, 0.25) is 0 Å². The quantitative estimate of drug-likeness (QED) is 0.549. The van der Waals surface area contributed by atoms with Gasteiger partial charge in [-0.25, -0.2) is 18.4 Å². The molecule has 0 aromatic carbocycles. The molecule has 9 heteroatoms. The van der Waals surface area contributed by atoms with Gasteiger partial charge in [-0.1, -0.05) is 0 Å². The van der Waals surface area contributed by atoms with E-state index in [9.17, 15) is 13.5 Å². The number of hydrogen-bond acceptors (Lipinski definition) is 8. The minimum atomic E-state index is -3.38. The summed E-state index contributed by atoms with van der Waals surface area (Å²) in [6, 6.07) is 1.36. The highest BCUT2D eigenvalue weighted by atomic mass is 32.2. The predicted octanol–water partition coefficient (Wildman–Crippen LogP) is -0.517. The van der Waals surface area contributed by atoms with Gasteiger partial charge >= 0.3 is 0 Å². The van der Waals surface area contributed by atoms with Crippen LogP contribution in [0.3, 0.4) is 0 Å². The van der Waals surface area contributed by atoms with Crippen LogP contribution in [0, 0.1) is 0 Å². The van der Waals surface area contributed by atoms with Gasteiger partial charge in [-0.15, -0.1) is 0 Å². The molecule has 0 saturated carbocycles. The first-order chi connectivity index (χ1) is 10.4. The van der Waals surface area contributed by atoms with E-state index in [-0.39, 0.29) is 11.1 Å². The summed E-state index contributed by atoms with van der Waals surface area (Å²) < 4.78 is 33.6. The number of anilines is 1. The van der Waals surface area contributed by atoms with Crippen molar-refractivity contribution >= 4 is 15.8 Å². The van der Waals surface area contributed by atoms with Crippen LogP contribution in [0.1, 0.15) is 6.42 Å². The Balaban J connectivity index is 2.01. The largest absolute Gasteiger partial charge is 0.389 e. The summed E-state index contributed by atoms with van der Waals surface area (Å²) in [5, 5.41) is 10.1. The normalized spacial score (nSPS) is 22.8. The van der Waals surface area contributed by atoms with E-state index in [1.165, 1.54) is 12.3 Å². The number of sulfone groups is 1. The average molecular weight is 331 g/mol. The van der Waals surface area contributed by atoms with Crippen LogP contribution in [-0.2, 0) is 19.3 Å². The third-order valence-corrected chi connectivity index (χ3v) is 4.41. The minimum Gasteiger partial charge on any atom is -0.389 e. The lowest BCUT2D eigenvalue weighted by Crippen LogP contribution is -2.48. The number of hydrogen-bond donors (Lipinski definition) is 1. The number of aliphatic hydroxyl groups is 1. The molecule has 1 N–H and O–H groups in total. The first kappa shape index (κ1) is 17.1. The topological polar surface area (TPSA) is 102 Å². The molecule has 0 unspecified atom stereocenters. The number of rotatable bonds is 6. The Kier molecular flexibility index (Phi) is 5.68. The van der Waals surface area contributed by atoms with Crippen molar-refractivity contribution in [3.63, 3.8) is 0 Å². The van der Waals surface area contributed by atoms with Crippen LogP contribution in [0.5, 0.6) is 0 Å². The molecule has 1 fully saturated rings. The Morgan fingerprint density at radius 1 is 1.45 bits per heavy atom. The highest BCUT2D eigenvalue weighted by molar-refractivity contribution is 7.90. The lowest BCUT2D eigenvalue weighted by Gasteiger charge is -2.35. The van der Waals surface area contributed by atoms with Crippen molar-refractivity contribution < 1.29 is 23.0 Å². The van der Waals surface area contributed by atoms with Crippen molar-refractivity contribution in [1.82, 2.24) is 9.97 Å². The van der Waals surface area contributed by atoms with Gasteiger partial charge in [0.2, 0.25) is 5.95 Å². The molecule has 0 bridgehead atoms. The summed E-state index contributed by atoms with van der Waals surface area (Å²) in [7, 11) is -1.79. The van der Waals surface area contributed by atoms with Crippen LogP contribution < -0.4 is 4.90 Å².